The highest BCUT2D eigenvalue weighted by atomic mass is 79.9. The Labute approximate surface area is 114 Å². The van der Waals surface area contributed by atoms with Crippen molar-refractivity contribution in [2.75, 3.05) is 11.9 Å². The molecule has 0 amide bonds. The van der Waals surface area contributed by atoms with E-state index in [0.29, 0.717) is 18.9 Å². The molecule has 90 valence electrons. The average molecular weight is 303 g/mol. The zero-order valence-corrected chi connectivity index (χ0v) is 11.2. The van der Waals surface area contributed by atoms with Crippen LogP contribution in [0.4, 0.5) is 5.95 Å². The fraction of sp³-hybridized carbons (Fsp3) is 0.154. The molecular weight excluding hydrogens is 292 g/mol. The normalized spacial score (nSPS) is 9.78. The lowest BCUT2D eigenvalue weighted by atomic mass is 10.1. The van der Waals surface area contributed by atoms with E-state index in [0.717, 1.165) is 15.6 Å². The maximum atomic E-state index is 8.43. The zero-order valence-electron chi connectivity index (χ0n) is 9.60. The van der Waals surface area contributed by atoms with Crippen molar-refractivity contribution in [3.63, 3.8) is 0 Å². The van der Waals surface area contributed by atoms with E-state index in [1.54, 1.807) is 12.4 Å². The third kappa shape index (κ3) is 3.05. The van der Waals surface area contributed by atoms with Crippen LogP contribution < -0.4 is 5.32 Å². The maximum Gasteiger partial charge on any atom is 0.222 e. The lowest BCUT2D eigenvalue weighted by Gasteiger charge is -2.05. The van der Waals surface area contributed by atoms with Gasteiger partial charge in [-0.3, -0.25) is 0 Å². The van der Waals surface area contributed by atoms with Crippen molar-refractivity contribution < 1.29 is 0 Å². The van der Waals surface area contributed by atoms with Gasteiger partial charge in [0.2, 0.25) is 5.95 Å². The Kier molecular flexibility index (Phi) is 4.26. The lowest BCUT2D eigenvalue weighted by Crippen LogP contribution is -2.04. The average Bonchev–Trinajstić information content (AvgIpc) is 2.41. The number of aromatic nitrogens is 2. The summed E-state index contributed by atoms with van der Waals surface area (Å²) in [6, 6.07) is 9.98. The summed E-state index contributed by atoms with van der Waals surface area (Å²) in [6.45, 7) is 0.560. The first-order valence-corrected chi connectivity index (χ1v) is 6.28. The number of nitrogens with zero attached hydrogens (tertiary/aromatic N) is 3. The van der Waals surface area contributed by atoms with E-state index >= 15 is 0 Å². The molecule has 1 N–H and O–H groups in total. The Balaban J connectivity index is 2.13. The highest BCUT2D eigenvalue weighted by Gasteiger charge is 2.03. The summed E-state index contributed by atoms with van der Waals surface area (Å²) >= 11 is 3.50. The third-order valence-electron chi connectivity index (χ3n) is 2.36. The molecule has 0 saturated heterocycles. The molecule has 0 aliphatic heterocycles. The van der Waals surface area contributed by atoms with Crippen LogP contribution in [0.2, 0.25) is 0 Å². The maximum absolute atomic E-state index is 8.43. The molecule has 1 aromatic heterocycles. The highest BCUT2D eigenvalue weighted by molar-refractivity contribution is 9.10. The molecule has 0 unspecified atom stereocenters. The van der Waals surface area contributed by atoms with Crippen LogP contribution in [0.1, 0.15) is 6.42 Å². The summed E-state index contributed by atoms with van der Waals surface area (Å²) in [7, 11) is 0. The van der Waals surface area contributed by atoms with Gasteiger partial charge >= 0.3 is 0 Å². The molecule has 4 nitrogen and oxygen atoms in total. The Morgan fingerprint density at radius 1 is 1.22 bits per heavy atom. The summed E-state index contributed by atoms with van der Waals surface area (Å²) in [6.07, 6.45) is 3.97. The van der Waals surface area contributed by atoms with Crippen molar-refractivity contribution in [1.82, 2.24) is 9.97 Å². The largest absolute Gasteiger partial charge is 0.353 e. The van der Waals surface area contributed by atoms with E-state index in [1.165, 1.54) is 0 Å². The van der Waals surface area contributed by atoms with E-state index in [9.17, 15) is 0 Å². The second kappa shape index (κ2) is 6.12. The molecule has 0 fully saturated rings. The molecule has 2 aromatic rings. The van der Waals surface area contributed by atoms with Gasteiger partial charge in [-0.05, 0) is 11.6 Å². The molecule has 0 spiro atoms. The van der Waals surface area contributed by atoms with Crippen LogP contribution in [0.3, 0.4) is 0 Å². The molecule has 0 radical (unpaired) electrons. The Morgan fingerprint density at radius 2 is 1.94 bits per heavy atom. The molecule has 0 aliphatic rings. The number of hydrogen-bond acceptors (Lipinski definition) is 4. The number of rotatable bonds is 4. The molecule has 1 aromatic carbocycles. The van der Waals surface area contributed by atoms with E-state index in [4.69, 9.17) is 5.26 Å². The van der Waals surface area contributed by atoms with Gasteiger partial charge in [-0.15, -0.1) is 0 Å². The van der Waals surface area contributed by atoms with Gasteiger partial charge in [-0.1, -0.05) is 34.1 Å². The van der Waals surface area contributed by atoms with Crippen LogP contribution in [-0.2, 0) is 0 Å². The molecule has 0 aliphatic carbocycles. The zero-order chi connectivity index (χ0) is 12.8. The number of nitriles is 1. The second-order valence-electron chi connectivity index (χ2n) is 3.61. The minimum absolute atomic E-state index is 0.440. The Bertz CT molecular complexity index is 560. The number of halogens is 1. The van der Waals surface area contributed by atoms with Gasteiger partial charge in [0.05, 0.1) is 12.5 Å². The Hall–Kier alpha value is -1.93. The number of hydrogen-bond donors (Lipinski definition) is 1. The molecule has 18 heavy (non-hydrogen) atoms. The van der Waals surface area contributed by atoms with Gasteiger partial charge in [-0.25, -0.2) is 9.97 Å². The fourth-order valence-corrected chi connectivity index (χ4v) is 2.00. The van der Waals surface area contributed by atoms with Crippen molar-refractivity contribution in [3.8, 4) is 17.2 Å². The quantitative estimate of drug-likeness (QED) is 0.881. The first-order chi connectivity index (χ1) is 8.81. The van der Waals surface area contributed by atoms with Crippen molar-refractivity contribution in [1.29, 1.82) is 5.26 Å². The molecule has 0 atom stereocenters. The van der Waals surface area contributed by atoms with Crippen molar-refractivity contribution in [2.24, 2.45) is 0 Å². The van der Waals surface area contributed by atoms with E-state index in [-0.39, 0.29) is 0 Å². The molecule has 1 heterocycles. The number of anilines is 1. The standard InChI is InChI=1S/C13H11BrN4/c14-12-5-2-1-4-11(12)10-8-17-13(18-9-10)16-7-3-6-15/h1-2,4-5,8-9H,3,7H2,(H,16,17,18). The molecular formula is C13H11BrN4. The van der Waals surface area contributed by atoms with Gasteiger partial charge in [-0.2, -0.15) is 5.26 Å². The topological polar surface area (TPSA) is 61.6 Å². The van der Waals surface area contributed by atoms with Crippen molar-refractivity contribution >= 4 is 21.9 Å². The van der Waals surface area contributed by atoms with Crippen molar-refractivity contribution in [2.45, 2.75) is 6.42 Å². The van der Waals surface area contributed by atoms with Gasteiger partial charge in [0.25, 0.3) is 0 Å². The SMILES string of the molecule is N#CCCNc1ncc(-c2ccccc2Br)cn1. The summed E-state index contributed by atoms with van der Waals surface area (Å²) in [4.78, 5) is 8.43. The fourth-order valence-electron chi connectivity index (χ4n) is 1.48. The minimum atomic E-state index is 0.440. The van der Waals surface area contributed by atoms with Crippen LogP contribution in [0.25, 0.3) is 11.1 Å². The smallest absolute Gasteiger partial charge is 0.222 e. The number of nitrogens with one attached hydrogen (secondary N) is 1. The van der Waals surface area contributed by atoms with E-state index in [1.807, 2.05) is 24.3 Å². The number of benzene rings is 1. The second-order valence-corrected chi connectivity index (χ2v) is 4.46. The highest BCUT2D eigenvalue weighted by Crippen LogP contribution is 2.26. The monoisotopic (exact) mass is 302 g/mol. The molecule has 5 heteroatoms. The van der Waals surface area contributed by atoms with Crippen LogP contribution in [0.15, 0.2) is 41.1 Å². The van der Waals surface area contributed by atoms with Crippen LogP contribution >= 0.6 is 15.9 Å². The first-order valence-electron chi connectivity index (χ1n) is 5.49. The van der Waals surface area contributed by atoms with Crippen LogP contribution in [-0.4, -0.2) is 16.5 Å². The van der Waals surface area contributed by atoms with Gasteiger partial charge in [0.1, 0.15) is 0 Å². The molecule has 0 saturated carbocycles. The van der Waals surface area contributed by atoms with Gasteiger partial charge in [0, 0.05) is 29.0 Å². The van der Waals surface area contributed by atoms with E-state index in [2.05, 4.69) is 37.3 Å². The summed E-state index contributed by atoms with van der Waals surface area (Å²) < 4.78 is 1.01. The predicted molar refractivity (Wildman–Crippen MR) is 73.9 cm³/mol. The summed E-state index contributed by atoms with van der Waals surface area (Å²) in [5.41, 5.74) is 2.01. The summed E-state index contributed by atoms with van der Waals surface area (Å²) in [5, 5.41) is 11.4. The van der Waals surface area contributed by atoms with E-state index < -0.39 is 0 Å². The third-order valence-corrected chi connectivity index (χ3v) is 3.05. The molecule has 2 rings (SSSR count). The summed E-state index contributed by atoms with van der Waals surface area (Å²) in [5.74, 6) is 0.543. The van der Waals surface area contributed by atoms with Gasteiger partial charge < -0.3 is 5.32 Å². The van der Waals surface area contributed by atoms with Crippen LogP contribution in [0.5, 0.6) is 0 Å². The van der Waals surface area contributed by atoms with Gasteiger partial charge in [0.15, 0.2) is 0 Å². The predicted octanol–water partition coefficient (Wildman–Crippen LogP) is 3.23. The molecule has 0 bridgehead atoms. The van der Waals surface area contributed by atoms with Crippen molar-refractivity contribution in [3.05, 3.63) is 41.1 Å². The Morgan fingerprint density at radius 3 is 2.61 bits per heavy atom. The first kappa shape index (κ1) is 12.5. The lowest BCUT2D eigenvalue weighted by molar-refractivity contribution is 1.02. The minimum Gasteiger partial charge on any atom is -0.353 e. The van der Waals surface area contributed by atoms with Crippen LogP contribution in [0, 0.1) is 11.3 Å².